The highest BCUT2D eigenvalue weighted by Crippen LogP contribution is 2.26. The minimum atomic E-state index is -2.52. The van der Waals surface area contributed by atoms with Gasteiger partial charge in [-0.3, -0.25) is 4.79 Å². The molecule has 2 unspecified atom stereocenters. The standard InChI is InChI=1S/C33H70O7Si2/c1-9-31(27-23-19-17-21-25-29-41(35-11-3,36-12-4)37-13-5)33(34)32(10-2)28-24-20-18-22-26-30-42(38-14-6,39-15-7)40-16-8/h31-32H,9-30H2,1-8H3. The van der Waals surface area contributed by atoms with Gasteiger partial charge >= 0.3 is 17.6 Å². The first-order valence-corrected chi connectivity index (χ1v) is 21.6. The third-order valence-corrected chi connectivity index (χ3v) is 14.3. The molecule has 0 rings (SSSR count). The summed E-state index contributed by atoms with van der Waals surface area (Å²) >= 11 is 0. The number of carbonyl (C=O) groups excluding carboxylic acids is 1. The Morgan fingerprint density at radius 1 is 0.429 bits per heavy atom. The Balaban J connectivity index is 4.34. The smallest absolute Gasteiger partial charge is 0.374 e. The fourth-order valence-electron chi connectivity index (χ4n) is 5.96. The number of ketones is 1. The highest BCUT2D eigenvalue weighted by molar-refractivity contribution is 6.61. The van der Waals surface area contributed by atoms with Gasteiger partial charge in [0.15, 0.2) is 0 Å². The van der Waals surface area contributed by atoms with Crippen molar-refractivity contribution in [1.82, 2.24) is 0 Å². The van der Waals surface area contributed by atoms with Crippen LogP contribution in [-0.2, 0) is 31.4 Å². The van der Waals surface area contributed by atoms with Crippen LogP contribution in [0.25, 0.3) is 0 Å². The van der Waals surface area contributed by atoms with E-state index in [1.807, 2.05) is 41.5 Å². The largest absolute Gasteiger partial charge is 0.500 e. The first-order chi connectivity index (χ1) is 20.4. The lowest BCUT2D eigenvalue weighted by molar-refractivity contribution is -0.127. The molecular weight excluding hydrogens is 565 g/mol. The number of hydrogen-bond acceptors (Lipinski definition) is 7. The van der Waals surface area contributed by atoms with Gasteiger partial charge in [-0.05, 0) is 80.1 Å². The Morgan fingerprint density at radius 2 is 0.690 bits per heavy atom. The molecule has 0 aliphatic carbocycles. The predicted molar refractivity (Wildman–Crippen MR) is 179 cm³/mol. The van der Waals surface area contributed by atoms with Gasteiger partial charge in [-0.1, -0.05) is 65.2 Å². The molecule has 7 nitrogen and oxygen atoms in total. The lowest BCUT2D eigenvalue weighted by Gasteiger charge is -2.28. The molecule has 0 bridgehead atoms. The van der Waals surface area contributed by atoms with Gasteiger partial charge in [0.1, 0.15) is 5.78 Å². The Hall–Kier alpha value is -0.136. The van der Waals surface area contributed by atoms with Crippen LogP contribution in [0.1, 0.15) is 145 Å². The zero-order valence-corrected chi connectivity index (χ0v) is 31.1. The minimum Gasteiger partial charge on any atom is -0.374 e. The summed E-state index contributed by atoms with van der Waals surface area (Å²) in [5, 5.41) is 0. The van der Waals surface area contributed by atoms with E-state index in [0.29, 0.717) is 45.4 Å². The van der Waals surface area contributed by atoms with Crippen LogP contribution in [0.4, 0.5) is 0 Å². The molecule has 0 radical (unpaired) electrons. The zero-order chi connectivity index (χ0) is 31.5. The van der Waals surface area contributed by atoms with E-state index in [2.05, 4.69) is 13.8 Å². The topological polar surface area (TPSA) is 72.5 Å². The fraction of sp³-hybridized carbons (Fsp3) is 0.970. The van der Waals surface area contributed by atoms with Crippen molar-refractivity contribution in [3.63, 3.8) is 0 Å². The summed E-state index contributed by atoms with van der Waals surface area (Å²) in [4.78, 5) is 13.4. The number of Topliss-reactive ketones (excluding diaryl/α,β-unsaturated/α-hetero) is 1. The van der Waals surface area contributed by atoms with Crippen LogP contribution in [0.15, 0.2) is 0 Å². The zero-order valence-electron chi connectivity index (χ0n) is 29.1. The van der Waals surface area contributed by atoms with E-state index in [0.717, 1.165) is 76.3 Å². The lowest BCUT2D eigenvalue weighted by atomic mass is 9.83. The molecule has 0 aliphatic heterocycles. The highest BCUT2D eigenvalue weighted by Gasteiger charge is 2.40. The van der Waals surface area contributed by atoms with Gasteiger partial charge in [-0.25, -0.2) is 0 Å². The molecule has 0 spiro atoms. The second kappa shape index (κ2) is 27.2. The monoisotopic (exact) mass is 634 g/mol. The molecule has 0 N–H and O–H groups in total. The molecule has 0 amide bonds. The molecule has 0 heterocycles. The van der Waals surface area contributed by atoms with E-state index in [-0.39, 0.29) is 11.8 Å². The Labute approximate surface area is 263 Å². The van der Waals surface area contributed by atoms with Crippen molar-refractivity contribution in [3.05, 3.63) is 0 Å². The number of rotatable bonds is 32. The second-order valence-electron chi connectivity index (χ2n) is 11.2. The maximum absolute atomic E-state index is 13.4. The van der Waals surface area contributed by atoms with Crippen LogP contribution in [0.5, 0.6) is 0 Å². The summed E-state index contributed by atoms with van der Waals surface area (Å²) in [5.41, 5.74) is 0. The van der Waals surface area contributed by atoms with Crippen LogP contribution in [0.2, 0.25) is 12.1 Å². The van der Waals surface area contributed by atoms with E-state index in [9.17, 15) is 4.79 Å². The second-order valence-corrected chi connectivity index (χ2v) is 16.7. The van der Waals surface area contributed by atoms with E-state index in [4.69, 9.17) is 26.6 Å². The molecule has 0 aromatic carbocycles. The van der Waals surface area contributed by atoms with Gasteiger partial charge in [-0.2, -0.15) is 0 Å². The molecular formula is C33H70O7Si2. The van der Waals surface area contributed by atoms with Crippen molar-refractivity contribution in [2.45, 2.75) is 157 Å². The molecule has 0 saturated heterocycles. The summed E-state index contributed by atoms with van der Waals surface area (Å²) in [7, 11) is -5.03. The summed E-state index contributed by atoms with van der Waals surface area (Å²) in [6, 6.07) is 1.79. The van der Waals surface area contributed by atoms with Crippen LogP contribution in [0, 0.1) is 11.8 Å². The molecule has 252 valence electrons. The maximum Gasteiger partial charge on any atom is 0.500 e. The average Bonchev–Trinajstić information content (AvgIpc) is 2.96. The molecule has 42 heavy (non-hydrogen) atoms. The van der Waals surface area contributed by atoms with E-state index >= 15 is 0 Å². The number of hydrogen-bond donors (Lipinski definition) is 0. The Bertz CT molecular complexity index is 539. The summed E-state index contributed by atoms with van der Waals surface area (Å²) in [6.07, 6.45) is 15.5. The van der Waals surface area contributed by atoms with Gasteiger partial charge in [-0.15, -0.1) is 0 Å². The van der Waals surface area contributed by atoms with Crippen LogP contribution in [0.3, 0.4) is 0 Å². The van der Waals surface area contributed by atoms with Crippen molar-refractivity contribution >= 4 is 23.4 Å². The van der Waals surface area contributed by atoms with E-state index in [1.165, 1.54) is 25.7 Å². The van der Waals surface area contributed by atoms with Crippen molar-refractivity contribution in [1.29, 1.82) is 0 Å². The van der Waals surface area contributed by atoms with E-state index < -0.39 is 17.6 Å². The summed E-state index contributed by atoms with van der Waals surface area (Å²) in [6.45, 7) is 20.3. The SMILES string of the molecule is CCO[Si](CCCCCCCC(CC)C(=O)C(CC)CCCCCCC[Si](OCC)(OCC)OCC)(OCC)OCC. The quantitative estimate of drug-likeness (QED) is 0.0539. The van der Waals surface area contributed by atoms with Crippen molar-refractivity contribution < 1.29 is 31.4 Å². The van der Waals surface area contributed by atoms with Crippen LogP contribution < -0.4 is 0 Å². The molecule has 9 heteroatoms. The molecule has 0 aromatic heterocycles. The number of unbranched alkanes of at least 4 members (excludes halogenated alkanes) is 8. The summed E-state index contributed by atoms with van der Waals surface area (Å²) < 4.78 is 35.9. The molecule has 0 fully saturated rings. The lowest BCUT2D eigenvalue weighted by Crippen LogP contribution is -2.45. The first kappa shape index (κ1) is 41.9. The van der Waals surface area contributed by atoms with Gasteiger partial charge in [0.2, 0.25) is 0 Å². The van der Waals surface area contributed by atoms with Crippen molar-refractivity contribution in [3.8, 4) is 0 Å². The molecule has 0 aliphatic rings. The average molecular weight is 635 g/mol. The molecule has 0 aromatic rings. The van der Waals surface area contributed by atoms with Crippen molar-refractivity contribution in [2.24, 2.45) is 11.8 Å². The highest BCUT2D eigenvalue weighted by atomic mass is 28.4. The Morgan fingerprint density at radius 3 is 0.952 bits per heavy atom. The predicted octanol–water partition coefficient (Wildman–Crippen LogP) is 9.39. The van der Waals surface area contributed by atoms with E-state index in [1.54, 1.807) is 0 Å². The van der Waals surface area contributed by atoms with Gasteiger partial charge in [0, 0.05) is 63.6 Å². The Kier molecular flexibility index (Phi) is 27.1. The van der Waals surface area contributed by atoms with Crippen LogP contribution in [-0.4, -0.2) is 63.0 Å². The number of carbonyl (C=O) groups is 1. The first-order valence-electron chi connectivity index (χ1n) is 17.7. The van der Waals surface area contributed by atoms with Gasteiger partial charge in [0.25, 0.3) is 0 Å². The third kappa shape index (κ3) is 18.0. The van der Waals surface area contributed by atoms with Crippen LogP contribution >= 0.6 is 0 Å². The maximum atomic E-state index is 13.4. The normalized spacial score (nSPS) is 13.9. The summed E-state index contributed by atoms with van der Waals surface area (Å²) in [5.74, 6) is 0.956. The van der Waals surface area contributed by atoms with Gasteiger partial charge < -0.3 is 26.6 Å². The molecule has 2 atom stereocenters. The minimum absolute atomic E-state index is 0.220. The molecule has 0 saturated carbocycles. The fourth-order valence-corrected chi connectivity index (χ4v) is 11.3. The van der Waals surface area contributed by atoms with Gasteiger partial charge in [0.05, 0.1) is 0 Å². The third-order valence-electron chi connectivity index (χ3n) is 8.05. The van der Waals surface area contributed by atoms with Crippen molar-refractivity contribution in [2.75, 3.05) is 39.6 Å².